The largest absolute Gasteiger partial charge is 0.359 e. The van der Waals surface area contributed by atoms with Crippen molar-refractivity contribution in [1.29, 1.82) is 0 Å². The van der Waals surface area contributed by atoms with Gasteiger partial charge in [0.15, 0.2) is 0 Å². The van der Waals surface area contributed by atoms with Gasteiger partial charge in [-0.15, -0.1) is 0 Å². The number of aromatic nitrogens is 6. The predicted molar refractivity (Wildman–Crippen MR) is 137 cm³/mol. The summed E-state index contributed by atoms with van der Waals surface area (Å²) in [5, 5.41) is 14.3. The molecule has 2 amide bonds. The third-order valence-corrected chi connectivity index (χ3v) is 6.08. The van der Waals surface area contributed by atoms with Crippen LogP contribution in [0.5, 0.6) is 0 Å². The Hall–Kier alpha value is -4.21. The number of rotatable bonds is 11. The standard InChI is InChI=1S/C26H32N8O2/c1-27-24(35)8-6-4-5-7-22(31-26(36)20-15-29-34(3)17-20)25-28-16-23(30-25)19-11-9-18(10-12-19)21-13-14-33(2)32-21/h9-17,22H,4-8H2,1-3H3,(H,27,35)(H,28,30)(H,31,36)/t22-/m0/s1. The van der Waals surface area contributed by atoms with Crippen LogP contribution in [0.15, 0.2) is 55.1 Å². The number of nitrogens with zero attached hydrogens (tertiary/aromatic N) is 5. The van der Waals surface area contributed by atoms with Crippen LogP contribution in [0.4, 0.5) is 0 Å². The lowest BCUT2D eigenvalue weighted by Gasteiger charge is -2.16. The third-order valence-electron chi connectivity index (χ3n) is 6.08. The maximum Gasteiger partial charge on any atom is 0.255 e. The van der Waals surface area contributed by atoms with Crippen LogP contribution < -0.4 is 10.6 Å². The molecule has 1 atom stereocenters. The molecular formula is C26H32N8O2. The summed E-state index contributed by atoms with van der Waals surface area (Å²) in [6, 6.07) is 9.82. The molecule has 3 aromatic heterocycles. The van der Waals surface area contributed by atoms with E-state index in [1.807, 2.05) is 43.6 Å². The number of carbonyl (C=O) groups excluding carboxylic acids is 2. The van der Waals surface area contributed by atoms with E-state index in [1.54, 1.807) is 42.0 Å². The van der Waals surface area contributed by atoms with Gasteiger partial charge in [-0.1, -0.05) is 37.1 Å². The van der Waals surface area contributed by atoms with Crippen LogP contribution in [-0.2, 0) is 18.9 Å². The van der Waals surface area contributed by atoms with Crippen molar-refractivity contribution in [2.24, 2.45) is 14.1 Å². The molecule has 36 heavy (non-hydrogen) atoms. The maximum absolute atomic E-state index is 12.8. The van der Waals surface area contributed by atoms with Crippen molar-refractivity contribution in [3.63, 3.8) is 0 Å². The predicted octanol–water partition coefficient (Wildman–Crippen LogP) is 3.38. The Bertz CT molecular complexity index is 1300. The van der Waals surface area contributed by atoms with Crippen LogP contribution in [0.25, 0.3) is 22.5 Å². The molecule has 0 spiro atoms. The molecule has 3 heterocycles. The number of imidazole rings is 1. The zero-order valence-electron chi connectivity index (χ0n) is 20.9. The number of aryl methyl sites for hydroxylation is 2. The Morgan fingerprint density at radius 2 is 1.78 bits per heavy atom. The van der Waals surface area contributed by atoms with Crippen molar-refractivity contribution in [3.8, 4) is 22.5 Å². The van der Waals surface area contributed by atoms with E-state index in [0.717, 1.165) is 41.8 Å². The molecule has 0 saturated heterocycles. The van der Waals surface area contributed by atoms with Crippen molar-refractivity contribution in [3.05, 3.63) is 66.5 Å². The van der Waals surface area contributed by atoms with E-state index in [2.05, 4.69) is 30.8 Å². The third kappa shape index (κ3) is 6.26. The molecule has 0 saturated carbocycles. The molecular weight excluding hydrogens is 456 g/mol. The summed E-state index contributed by atoms with van der Waals surface area (Å²) >= 11 is 0. The summed E-state index contributed by atoms with van der Waals surface area (Å²) in [5.74, 6) is 0.541. The molecule has 0 unspecified atom stereocenters. The van der Waals surface area contributed by atoms with Crippen LogP contribution in [0.3, 0.4) is 0 Å². The van der Waals surface area contributed by atoms with Gasteiger partial charge in [0.25, 0.3) is 5.91 Å². The summed E-state index contributed by atoms with van der Waals surface area (Å²) in [4.78, 5) is 32.3. The SMILES string of the molecule is CNC(=O)CCCCC[C@H](NC(=O)c1cnn(C)c1)c1ncc(-c2ccc(-c3ccn(C)n3)cc2)[nH]1. The average molecular weight is 489 g/mol. The van der Waals surface area contributed by atoms with Crippen LogP contribution in [0, 0.1) is 0 Å². The second-order valence-electron chi connectivity index (χ2n) is 8.84. The minimum absolute atomic E-state index is 0.0428. The summed E-state index contributed by atoms with van der Waals surface area (Å²) in [7, 11) is 5.32. The minimum atomic E-state index is -0.292. The van der Waals surface area contributed by atoms with Crippen LogP contribution >= 0.6 is 0 Å². The molecule has 1 aromatic carbocycles. The highest BCUT2D eigenvalue weighted by atomic mass is 16.2. The topological polar surface area (TPSA) is 123 Å². The molecule has 0 aliphatic heterocycles. The Balaban J connectivity index is 1.46. The smallest absolute Gasteiger partial charge is 0.255 e. The molecule has 4 aromatic rings. The molecule has 0 radical (unpaired) electrons. The zero-order chi connectivity index (χ0) is 25.5. The van der Waals surface area contributed by atoms with Gasteiger partial charge in [-0.05, 0) is 24.5 Å². The van der Waals surface area contributed by atoms with Crippen molar-refractivity contribution in [1.82, 2.24) is 40.2 Å². The van der Waals surface area contributed by atoms with E-state index in [4.69, 9.17) is 0 Å². The maximum atomic E-state index is 12.8. The van der Waals surface area contributed by atoms with Gasteiger partial charge in [0, 0.05) is 45.5 Å². The first-order valence-corrected chi connectivity index (χ1v) is 12.1. The lowest BCUT2D eigenvalue weighted by molar-refractivity contribution is -0.120. The molecule has 0 aliphatic carbocycles. The summed E-state index contributed by atoms with van der Waals surface area (Å²) in [6.45, 7) is 0. The van der Waals surface area contributed by atoms with Gasteiger partial charge in [0.2, 0.25) is 5.91 Å². The molecule has 3 N–H and O–H groups in total. The monoisotopic (exact) mass is 488 g/mol. The van der Waals surface area contributed by atoms with Gasteiger partial charge in [-0.3, -0.25) is 19.0 Å². The highest BCUT2D eigenvalue weighted by Crippen LogP contribution is 2.25. The van der Waals surface area contributed by atoms with Crippen molar-refractivity contribution in [2.75, 3.05) is 7.05 Å². The number of amides is 2. The van der Waals surface area contributed by atoms with Crippen LogP contribution in [-0.4, -0.2) is 48.4 Å². The molecule has 4 rings (SSSR count). The number of nitrogens with one attached hydrogen (secondary N) is 3. The first kappa shape index (κ1) is 24.9. The van der Waals surface area contributed by atoms with E-state index >= 15 is 0 Å². The Morgan fingerprint density at radius 1 is 1.00 bits per heavy atom. The lowest BCUT2D eigenvalue weighted by Crippen LogP contribution is -2.29. The molecule has 10 heteroatoms. The fourth-order valence-corrected chi connectivity index (χ4v) is 4.04. The lowest BCUT2D eigenvalue weighted by atomic mass is 10.1. The minimum Gasteiger partial charge on any atom is -0.359 e. The molecule has 10 nitrogen and oxygen atoms in total. The van der Waals surface area contributed by atoms with E-state index in [0.29, 0.717) is 24.2 Å². The number of aromatic amines is 1. The van der Waals surface area contributed by atoms with Crippen molar-refractivity contribution >= 4 is 11.8 Å². The van der Waals surface area contributed by atoms with Crippen molar-refractivity contribution < 1.29 is 9.59 Å². The normalized spacial score (nSPS) is 11.9. The van der Waals surface area contributed by atoms with Gasteiger partial charge in [0.1, 0.15) is 5.82 Å². The second kappa shape index (κ2) is 11.5. The molecule has 0 aliphatic rings. The number of benzene rings is 1. The first-order chi connectivity index (χ1) is 17.4. The number of hydrogen-bond donors (Lipinski definition) is 3. The Labute approximate surface area is 210 Å². The highest BCUT2D eigenvalue weighted by Gasteiger charge is 2.20. The Kier molecular flexibility index (Phi) is 7.94. The van der Waals surface area contributed by atoms with Gasteiger partial charge in [-0.25, -0.2) is 4.98 Å². The Morgan fingerprint density at radius 3 is 2.44 bits per heavy atom. The second-order valence-corrected chi connectivity index (χ2v) is 8.84. The number of H-pyrrole nitrogens is 1. The number of unbranched alkanes of at least 4 members (excludes halogenated alkanes) is 2. The fourth-order valence-electron chi connectivity index (χ4n) is 4.04. The molecule has 0 bridgehead atoms. The average Bonchev–Trinajstić information content (AvgIpc) is 3.64. The quantitative estimate of drug-likeness (QED) is 0.279. The first-order valence-electron chi connectivity index (χ1n) is 12.1. The highest BCUT2D eigenvalue weighted by molar-refractivity contribution is 5.93. The van der Waals surface area contributed by atoms with Gasteiger partial charge in [0.05, 0.1) is 35.4 Å². The van der Waals surface area contributed by atoms with Gasteiger partial charge in [-0.2, -0.15) is 10.2 Å². The van der Waals surface area contributed by atoms with Gasteiger partial charge >= 0.3 is 0 Å². The molecule has 188 valence electrons. The van der Waals surface area contributed by atoms with E-state index in [9.17, 15) is 9.59 Å². The number of carbonyl (C=O) groups is 2. The number of hydrogen-bond acceptors (Lipinski definition) is 5. The van der Waals surface area contributed by atoms with E-state index in [-0.39, 0.29) is 17.9 Å². The zero-order valence-corrected chi connectivity index (χ0v) is 20.9. The summed E-state index contributed by atoms with van der Waals surface area (Å²) < 4.78 is 3.38. The summed E-state index contributed by atoms with van der Waals surface area (Å²) in [6.07, 6.45) is 10.7. The molecule has 0 fully saturated rings. The van der Waals surface area contributed by atoms with Crippen LogP contribution in [0.2, 0.25) is 0 Å². The van der Waals surface area contributed by atoms with E-state index < -0.39 is 0 Å². The summed E-state index contributed by atoms with van der Waals surface area (Å²) in [5.41, 5.74) is 4.33. The fraction of sp³-hybridized carbons (Fsp3) is 0.346. The van der Waals surface area contributed by atoms with Crippen LogP contribution in [0.1, 0.15) is 54.3 Å². The van der Waals surface area contributed by atoms with E-state index in [1.165, 1.54) is 0 Å². The van der Waals surface area contributed by atoms with Gasteiger partial charge < -0.3 is 15.6 Å². The van der Waals surface area contributed by atoms with Crippen molar-refractivity contribution in [2.45, 2.75) is 38.1 Å².